The second-order valence-electron chi connectivity index (χ2n) is 7.06. The van der Waals surface area contributed by atoms with Crippen LogP contribution in [0.3, 0.4) is 0 Å². The molecular formula is C21H22Cl2IN3O4. The maximum absolute atomic E-state index is 12.7. The summed E-state index contributed by atoms with van der Waals surface area (Å²) >= 11 is 15.6. The van der Waals surface area contributed by atoms with E-state index in [1.165, 1.54) is 14.2 Å². The number of fused-ring (bicyclic) bond motifs is 1. The van der Waals surface area contributed by atoms with E-state index in [1.54, 1.807) is 17.7 Å². The normalized spacial score (nSPS) is 11.2. The van der Waals surface area contributed by atoms with Crippen LogP contribution < -0.4 is 0 Å². The number of hydrogen-bond acceptors (Lipinski definition) is 5. The minimum Gasteiger partial charge on any atom is -0.469 e. The van der Waals surface area contributed by atoms with E-state index >= 15 is 0 Å². The van der Waals surface area contributed by atoms with Gasteiger partial charge in [-0.25, -0.2) is 4.79 Å². The average molecular weight is 578 g/mol. The first-order chi connectivity index (χ1) is 14.7. The lowest BCUT2D eigenvalue weighted by Crippen LogP contribution is -2.11. The van der Waals surface area contributed by atoms with Gasteiger partial charge >= 0.3 is 11.9 Å². The third kappa shape index (κ3) is 4.05. The molecule has 0 saturated carbocycles. The second-order valence-corrected chi connectivity index (χ2v) is 8.63. The lowest BCUT2D eigenvalue weighted by molar-refractivity contribution is -0.140. The van der Waals surface area contributed by atoms with Gasteiger partial charge in [0, 0.05) is 47.2 Å². The molecule has 7 nitrogen and oxygen atoms in total. The summed E-state index contributed by atoms with van der Waals surface area (Å²) < 4.78 is 14.0. The van der Waals surface area contributed by atoms with Gasteiger partial charge < -0.3 is 14.0 Å². The van der Waals surface area contributed by atoms with E-state index in [0.717, 1.165) is 22.5 Å². The molecule has 0 aliphatic rings. The van der Waals surface area contributed by atoms with Crippen molar-refractivity contribution in [1.82, 2.24) is 14.3 Å². The van der Waals surface area contributed by atoms with Crippen molar-refractivity contribution in [2.45, 2.75) is 24.2 Å². The molecule has 0 amide bonds. The van der Waals surface area contributed by atoms with Crippen LogP contribution in [-0.2, 0) is 39.2 Å². The van der Waals surface area contributed by atoms with Crippen molar-refractivity contribution < 1.29 is 19.1 Å². The van der Waals surface area contributed by atoms with Crippen LogP contribution in [0.4, 0.5) is 0 Å². The number of aromatic nitrogens is 3. The van der Waals surface area contributed by atoms with Crippen molar-refractivity contribution in [3.63, 3.8) is 0 Å². The monoisotopic (exact) mass is 577 g/mol. The first-order valence-corrected chi connectivity index (χ1v) is 11.7. The van der Waals surface area contributed by atoms with E-state index < -0.39 is 5.97 Å². The highest BCUT2D eigenvalue weighted by atomic mass is 127. The SMILES string of the molecule is COC(=O)CCc1c(C(=O)OC)n(C)c2c(-c3c(CI)nn(C)c3C)c(Cl)cc(Cl)c12. The Balaban J connectivity index is 2.46. The molecule has 0 bridgehead atoms. The van der Waals surface area contributed by atoms with Gasteiger partial charge in [-0.3, -0.25) is 9.48 Å². The molecule has 10 heteroatoms. The van der Waals surface area contributed by atoms with Gasteiger partial charge in [0.25, 0.3) is 0 Å². The van der Waals surface area contributed by atoms with Crippen LogP contribution in [0.5, 0.6) is 0 Å². The van der Waals surface area contributed by atoms with Crippen molar-refractivity contribution in [3.05, 3.63) is 38.8 Å². The fourth-order valence-electron chi connectivity index (χ4n) is 3.92. The molecule has 2 heterocycles. The molecule has 2 aromatic heterocycles. The largest absolute Gasteiger partial charge is 0.469 e. The Morgan fingerprint density at radius 3 is 2.39 bits per heavy atom. The quantitative estimate of drug-likeness (QED) is 0.234. The van der Waals surface area contributed by atoms with Crippen molar-refractivity contribution in [2.75, 3.05) is 14.2 Å². The molecule has 0 aliphatic carbocycles. The Morgan fingerprint density at radius 1 is 1.13 bits per heavy atom. The number of esters is 2. The third-order valence-corrected chi connectivity index (χ3v) is 6.75. The standard InChI is InChI=1S/C21H22Cl2IN3O4/c1-10-16(14(9-24)25-27(10)3)18-13(23)8-12(22)17-11(6-7-15(28)30-4)19(21(29)31-5)26(2)20(17)18/h8H,6-7,9H2,1-5H3. The second kappa shape index (κ2) is 9.38. The summed E-state index contributed by atoms with van der Waals surface area (Å²) in [5.74, 6) is -0.901. The summed E-state index contributed by atoms with van der Waals surface area (Å²) in [5.41, 5.74) is 5.10. The van der Waals surface area contributed by atoms with Gasteiger partial charge in [-0.2, -0.15) is 5.10 Å². The summed E-state index contributed by atoms with van der Waals surface area (Å²) in [7, 11) is 6.29. The number of aryl methyl sites for hydroxylation is 3. The van der Waals surface area contributed by atoms with Crippen LogP contribution in [-0.4, -0.2) is 40.5 Å². The Labute approximate surface area is 203 Å². The van der Waals surface area contributed by atoms with Crippen LogP contribution in [0.15, 0.2) is 6.07 Å². The number of methoxy groups -OCH3 is 2. The zero-order valence-corrected chi connectivity index (χ0v) is 21.5. The van der Waals surface area contributed by atoms with Crippen molar-refractivity contribution in [3.8, 4) is 11.1 Å². The number of alkyl halides is 1. The van der Waals surface area contributed by atoms with Crippen molar-refractivity contribution >= 4 is 68.6 Å². The zero-order chi connectivity index (χ0) is 23.0. The van der Waals surface area contributed by atoms with E-state index in [4.69, 9.17) is 32.7 Å². The van der Waals surface area contributed by atoms with Crippen LogP contribution in [0.25, 0.3) is 22.0 Å². The van der Waals surface area contributed by atoms with E-state index in [-0.39, 0.29) is 18.8 Å². The summed E-state index contributed by atoms with van der Waals surface area (Å²) in [6.07, 6.45) is 0.360. The Kier molecular flexibility index (Phi) is 7.22. The molecular weight excluding hydrogens is 556 g/mol. The molecule has 0 unspecified atom stereocenters. The van der Waals surface area contributed by atoms with Crippen molar-refractivity contribution in [2.24, 2.45) is 14.1 Å². The molecule has 0 N–H and O–H groups in total. The fraction of sp³-hybridized carbons (Fsp3) is 0.381. The summed E-state index contributed by atoms with van der Waals surface area (Å²) in [5, 5.41) is 6.12. The Bertz CT molecular complexity index is 1200. The Morgan fingerprint density at radius 2 is 1.81 bits per heavy atom. The molecule has 0 atom stereocenters. The lowest BCUT2D eigenvalue weighted by atomic mass is 9.98. The highest BCUT2D eigenvalue weighted by Gasteiger charge is 2.29. The minimum absolute atomic E-state index is 0.0960. The van der Waals surface area contributed by atoms with Crippen LogP contribution >= 0.6 is 45.8 Å². The number of carbonyl (C=O) groups excluding carboxylic acids is 2. The van der Waals surface area contributed by atoms with Gasteiger partial charge in [-0.05, 0) is 25.0 Å². The molecule has 0 fully saturated rings. The average Bonchev–Trinajstić information content (AvgIpc) is 3.20. The number of halogens is 3. The van der Waals surface area contributed by atoms with Gasteiger partial charge in [-0.1, -0.05) is 45.8 Å². The van der Waals surface area contributed by atoms with Crippen LogP contribution in [0.1, 0.15) is 33.9 Å². The van der Waals surface area contributed by atoms with E-state index in [2.05, 4.69) is 27.7 Å². The number of nitrogens with zero attached hydrogens (tertiary/aromatic N) is 3. The molecule has 31 heavy (non-hydrogen) atoms. The van der Waals surface area contributed by atoms with Gasteiger partial charge in [0.2, 0.25) is 0 Å². The predicted octanol–water partition coefficient (Wildman–Crippen LogP) is 5.02. The molecule has 1 aromatic carbocycles. The van der Waals surface area contributed by atoms with Gasteiger partial charge in [0.15, 0.2) is 0 Å². The molecule has 3 aromatic rings. The van der Waals surface area contributed by atoms with E-state index in [0.29, 0.717) is 36.6 Å². The zero-order valence-electron chi connectivity index (χ0n) is 17.8. The van der Waals surface area contributed by atoms with Gasteiger partial charge in [0.05, 0.1) is 35.5 Å². The summed E-state index contributed by atoms with van der Waals surface area (Å²) in [6.45, 7) is 1.97. The summed E-state index contributed by atoms with van der Waals surface area (Å²) in [6, 6.07) is 1.67. The first kappa shape index (κ1) is 23.9. The molecule has 0 spiro atoms. The van der Waals surface area contributed by atoms with Crippen LogP contribution in [0, 0.1) is 6.92 Å². The Hall–Kier alpha value is -1.78. The third-order valence-electron chi connectivity index (χ3n) is 5.43. The highest BCUT2D eigenvalue weighted by Crippen LogP contribution is 2.45. The molecule has 166 valence electrons. The maximum atomic E-state index is 12.7. The number of carbonyl (C=O) groups is 2. The topological polar surface area (TPSA) is 75.4 Å². The number of hydrogen-bond donors (Lipinski definition) is 0. The fourth-order valence-corrected chi connectivity index (χ4v) is 5.12. The van der Waals surface area contributed by atoms with Gasteiger partial charge in [0.1, 0.15) is 5.69 Å². The summed E-state index contributed by atoms with van der Waals surface area (Å²) in [4.78, 5) is 24.6. The van der Waals surface area contributed by atoms with Crippen LogP contribution in [0.2, 0.25) is 10.0 Å². The maximum Gasteiger partial charge on any atom is 0.354 e. The van der Waals surface area contributed by atoms with E-state index in [9.17, 15) is 9.59 Å². The highest BCUT2D eigenvalue weighted by molar-refractivity contribution is 14.1. The molecule has 0 saturated heterocycles. The number of benzene rings is 1. The number of ether oxygens (including phenoxy) is 2. The van der Waals surface area contributed by atoms with Gasteiger partial charge in [-0.15, -0.1) is 0 Å². The van der Waals surface area contributed by atoms with E-state index in [1.807, 2.05) is 18.7 Å². The minimum atomic E-state index is -0.520. The smallest absolute Gasteiger partial charge is 0.354 e. The number of rotatable bonds is 6. The molecule has 3 rings (SSSR count). The predicted molar refractivity (Wildman–Crippen MR) is 129 cm³/mol. The molecule has 0 radical (unpaired) electrons. The lowest BCUT2D eigenvalue weighted by Gasteiger charge is -2.12. The molecule has 0 aliphatic heterocycles. The first-order valence-electron chi connectivity index (χ1n) is 9.41. The van der Waals surface area contributed by atoms with Crippen molar-refractivity contribution in [1.29, 1.82) is 0 Å².